The van der Waals surface area contributed by atoms with E-state index in [-0.39, 0.29) is 11.6 Å². The maximum atomic E-state index is 10.3. The maximum absolute atomic E-state index is 10.3. The zero-order chi connectivity index (χ0) is 15.1. The van der Waals surface area contributed by atoms with Gasteiger partial charge in [-0.2, -0.15) is 0 Å². The second kappa shape index (κ2) is 5.18. The van der Waals surface area contributed by atoms with Crippen LogP contribution < -0.4 is 15.2 Å². The molecule has 1 aliphatic carbocycles. The summed E-state index contributed by atoms with van der Waals surface area (Å²) in [7, 11) is 0. The van der Waals surface area contributed by atoms with Crippen LogP contribution >= 0.6 is 0 Å². The van der Waals surface area contributed by atoms with E-state index in [1.165, 1.54) is 0 Å². The van der Waals surface area contributed by atoms with Crippen LogP contribution in [0.1, 0.15) is 57.6 Å². The van der Waals surface area contributed by atoms with Crippen molar-refractivity contribution >= 4 is 0 Å². The van der Waals surface area contributed by atoms with Gasteiger partial charge in [-0.3, -0.25) is 0 Å². The summed E-state index contributed by atoms with van der Waals surface area (Å²) in [6.07, 6.45) is 4.62. The van der Waals surface area contributed by atoms with Crippen LogP contribution in [0.5, 0.6) is 11.5 Å². The molecule has 1 unspecified atom stereocenters. The second-order valence-corrected chi connectivity index (χ2v) is 7.09. The van der Waals surface area contributed by atoms with E-state index in [1.54, 1.807) is 0 Å². The summed E-state index contributed by atoms with van der Waals surface area (Å²) in [4.78, 5) is 0. The second-order valence-electron chi connectivity index (χ2n) is 7.09. The van der Waals surface area contributed by atoms with E-state index >= 15 is 0 Å². The molecule has 1 atom stereocenters. The molecule has 3 N–H and O–H groups in total. The minimum Gasteiger partial charge on any atom is -0.490 e. The molecule has 0 spiro atoms. The molecule has 0 radical (unpaired) electrons. The third-order valence-electron chi connectivity index (χ3n) is 4.52. The predicted octanol–water partition coefficient (Wildman–Crippen LogP) is 2.93. The van der Waals surface area contributed by atoms with Crippen LogP contribution in [-0.2, 0) is 0 Å². The molecule has 116 valence electrons. The van der Waals surface area contributed by atoms with Crippen molar-refractivity contribution < 1.29 is 14.6 Å². The van der Waals surface area contributed by atoms with Gasteiger partial charge in [-0.15, -0.1) is 0 Å². The van der Waals surface area contributed by atoms with Crippen LogP contribution in [0.25, 0.3) is 0 Å². The van der Waals surface area contributed by atoms with Gasteiger partial charge in [0.05, 0.1) is 5.60 Å². The highest BCUT2D eigenvalue weighted by Gasteiger charge is 2.33. The number of rotatable bonds is 3. The van der Waals surface area contributed by atoms with E-state index in [0.29, 0.717) is 6.61 Å². The van der Waals surface area contributed by atoms with Crippen LogP contribution in [0.4, 0.5) is 0 Å². The standard InChI is InChI=1S/C17H25NO3/c1-16(2)10-14(18)13-6-5-12(9-15(13)21-16)20-11-17(19)7-3-4-8-17/h5-6,9,14,19H,3-4,7-8,10-11,18H2,1-2H3. The minimum atomic E-state index is -0.660. The Morgan fingerprint density at radius 3 is 2.76 bits per heavy atom. The van der Waals surface area contributed by atoms with Crippen LogP contribution in [0, 0.1) is 0 Å². The summed E-state index contributed by atoms with van der Waals surface area (Å²) < 4.78 is 11.8. The van der Waals surface area contributed by atoms with Crippen molar-refractivity contribution in [3.63, 3.8) is 0 Å². The van der Waals surface area contributed by atoms with E-state index in [4.69, 9.17) is 15.2 Å². The number of aliphatic hydroxyl groups is 1. The number of nitrogens with two attached hydrogens (primary N) is 1. The zero-order valence-electron chi connectivity index (χ0n) is 12.9. The van der Waals surface area contributed by atoms with Gasteiger partial charge in [0, 0.05) is 24.1 Å². The van der Waals surface area contributed by atoms with Crippen molar-refractivity contribution in [3.05, 3.63) is 23.8 Å². The van der Waals surface area contributed by atoms with Gasteiger partial charge in [-0.1, -0.05) is 18.9 Å². The quantitative estimate of drug-likeness (QED) is 0.898. The first-order valence-corrected chi connectivity index (χ1v) is 7.81. The molecule has 0 aromatic heterocycles. The Morgan fingerprint density at radius 2 is 2.05 bits per heavy atom. The minimum absolute atomic E-state index is 0.00295. The lowest BCUT2D eigenvalue weighted by Gasteiger charge is -2.36. The van der Waals surface area contributed by atoms with E-state index in [1.807, 2.05) is 32.0 Å². The predicted molar refractivity (Wildman–Crippen MR) is 81.6 cm³/mol. The molecular formula is C17H25NO3. The lowest BCUT2D eigenvalue weighted by molar-refractivity contribution is 0.00106. The Hall–Kier alpha value is -1.26. The topological polar surface area (TPSA) is 64.7 Å². The van der Waals surface area contributed by atoms with Crippen molar-refractivity contribution in [1.82, 2.24) is 0 Å². The molecule has 1 aromatic rings. The Kier molecular flexibility index (Phi) is 3.62. The van der Waals surface area contributed by atoms with Gasteiger partial charge in [0.25, 0.3) is 0 Å². The average molecular weight is 291 g/mol. The molecule has 0 bridgehead atoms. The number of ether oxygens (including phenoxy) is 2. The normalized spacial score (nSPS) is 26.0. The Labute approximate surface area is 126 Å². The van der Waals surface area contributed by atoms with Crippen molar-refractivity contribution in [2.45, 2.75) is 63.2 Å². The molecule has 0 amide bonds. The third kappa shape index (κ3) is 3.16. The Morgan fingerprint density at radius 1 is 1.33 bits per heavy atom. The third-order valence-corrected chi connectivity index (χ3v) is 4.52. The highest BCUT2D eigenvalue weighted by Crippen LogP contribution is 2.40. The van der Waals surface area contributed by atoms with Gasteiger partial charge in [0.15, 0.2) is 0 Å². The smallest absolute Gasteiger partial charge is 0.128 e. The fourth-order valence-electron chi connectivity index (χ4n) is 3.37. The summed E-state index contributed by atoms with van der Waals surface area (Å²) in [5.41, 5.74) is 6.32. The molecule has 2 aliphatic rings. The van der Waals surface area contributed by atoms with Crippen molar-refractivity contribution in [2.24, 2.45) is 5.73 Å². The molecule has 4 heteroatoms. The summed E-state index contributed by atoms with van der Waals surface area (Å²) >= 11 is 0. The maximum Gasteiger partial charge on any atom is 0.128 e. The molecule has 0 saturated heterocycles. The molecule has 21 heavy (non-hydrogen) atoms. The van der Waals surface area contributed by atoms with Gasteiger partial charge in [-0.05, 0) is 32.8 Å². The van der Waals surface area contributed by atoms with Gasteiger partial charge >= 0.3 is 0 Å². The van der Waals surface area contributed by atoms with E-state index in [9.17, 15) is 5.11 Å². The first-order valence-electron chi connectivity index (χ1n) is 7.81. The largest absolute Gasteiger partial charge is 0.490 e. The molecule has 3 rings (SSSR count). The number of benzene rings is 1. The number of hydrogen-bond acceptors (Lipinski definition) is 4. The molecule has 1 saturated carbocycles. The lowest BCUT2D eigenvalue weighted by Crippen LogP contribution is -2.37. The van der Waals surface area contributed by atoms with Crippen LogP contribution in [0.15, 0.2) is 18.2 Å². The van der Waals surface area contributed by atoms with Crippen molar-refractivity contribution in [2.75, 3.05) is 6.61 Å². The van der Waals surface area contributed by atoms with Crippen molar-refractivity contribution in [3.8, 4) is 11.5 Å². The Balaban J connectivity index is 1.73. The first-order chi connectivity index (χ1) is 9.87. The fourth-order valence-corrected chi connectivity index (χ4v) is 3.37. The summed E-state index contributed by atoms with van der Waals surface area (Å²) in [6.45, 7) is 4.44. The van der Waals surface area contributed by atoms with E-state index in [2.05, 4.69) is 0 Å². The highest BCUT2D eigenvalue weighted by molar-refractivity contribution is 5.44. The van der Waals surface area contributed by atoms with Crippen molar-refractivity contribution in [1.29, 1.82) is 0 Å². The SMILES string of the molecule is CC1(C)CC(N)c2ccc(OCC3(O)CCCC3)cc2O1. The fraction of sp³-hybridized carbons (Fsp3) is 0.647. The van der Waals surface area contributed by atoms with Crippen LogP contribution in [0.3, 0.4) is 0 Å². The van der Waals surface area contributed by atoms with Gasteiger partial charge < -0.3 is 20.3 Å². The van der Waals surface area contributed by atoms with E-state index in [0.717, 1.165) is 49.2 Å². The zero-order valence-corrected chi connectivity index (χ0v) is 12.9. The monoisotopic (exact) mass is 291 g/mol. The molecule has 1 fully saturated rings. The molecular weight excluding hydrogens is 266 g/mol. The molecule has 1 aromatic carbocycles. The Bertz CT molecular complexity index is 521. The van der Waals surface area contributed by atoms with Crippen LogP contribution in [-0.4, -0.2) is 22.9 Å². The highest BCUT2D eigenvalue weighted by atomic mass is 16.5. The summed E-state index contributed by atoms with van der Waals surface area (Å²) in [5, 5.41) is 10.3. The molecule has 1 heterocycles. The number of fused-ring (bicyclic) bond motifs is 1. The molecule has 4 nitrogen and oxygen atoms in total. The summed E-state index contributed by atoms with van der Waals surface area (Å²) in [6, 6.07) is 5.79. The lowest BCUT2D eigenvalue weighted by atomic mass is 9.90. The van der Waals surface area contributed by atoms with Gasteiger partial charge in [0.1, 0.15) is 23.7 Å². The van der Waals surface area contributed by atoms with E-state index < -0.39 is 5.60 Å². The number of hydrogen-bond donors (Lipinski definition) is 2. The average Bonchev–Trinajstić information content (AvgIpc) is 2.82. The summed E-state index contributed by atoms with van der Waals surface area (Å²) in [5.74, 6) is 1.54. The van der Waals surface area contributed by atoms with Gasteiger partial charge in [-0.25, -0.2) is 0 Å². The van der Waals surface area contributed by atoms with Gasteiger partial charge in [0.2, 0.25) is 0 Å². The van der Waals surface area contributed by atoms with Crippen LogP contribution in [0.2, 0.25) is 0 Å². The molecule has 1 aliphatic heterocycles. The first kappa shape index (κ1) is 14.7.